The van der Waals surface area contributed by atoms with E-state index in [0.717, 1.165) is 43.2 Å². The van der Waals surface area contributed by atoms with Gasteiger partial charge in [-0.25, -0.2) is 0 Å². The van der Waals surface area contributed by atoms with Crippen LogP contribution in [0.25, 0.3) is 0 Å². The molecule has 5 nitrogen and oxygen atoms in total. The Labute approximate surface area is 169 Å². The van der Waals surface area contributed by atoms with Crippen LogP contribution >= 0.6 is 11.8 Å². The van der Waals surface area contributed by atoms with E-state index in [0.29, 0.717) is 11.8 Å². The van der Waals surface area contributed by atoms with Gasteiger partial charge in [0.1, 0.15) is 5.82 Å². The normalized spacial score (nSPS) is 13.4. The van der Waals surface area contributed by atoms with Crippen molar-refractivity contribution in [2.45, 2.75) is 43.4 Å². The number of carbonyl (C=O) groups is 1. The summed E-state index contributed by atoms with van der Waals surface area (Å²) in [5.74, 6) is 1.40. The average Bonchev–Trinajstić information content (AvgIpc) is 3.46. The van der Waals surface area contributed by atoms with Crippen molar-refractivity contribution in [3.8, 4) is 0 Å². The summed E-state index contributed by atoms with van der Waals surface area (Å²) in [5.41, 5.74) is 2.49. The molecule has 0 spiro atoms. The average molecular weight is 393 g/mol. The van der Waals surface area contributed by atoms with Gasteiger partial charge in [0.2, 0.25) is 5.91 Å². The molecule has 1 amide bonds. The molecule has 0 bridgehead atoms. The number of carbonyl (C=O) groups excluding carboxylic acids is 1. The molecule has 1 aliphatic carbocycles. The molecule has 0 saturated heterocycles. The lowest BCUT2D eigenvalue weighted by Gasteiger charge is -2.11. The van der Waals surface area contributed by atoms with Crippen LogP contribution in [0, 0.1) is 0 Å². The van der Waals surface area contributed by atoms with E-state index in [1.807, 2.05) is 24.3 Å². The lowest BCUT2D eigenvalue weighted by atomic mass is 10.1. The van der Waals surface area contributed by atoms with Gasteiger partial charge < -0.3 is 9.88 Å². The Bertz CT molecular complexity index is 907. The molecule has 1 aliphatic rings. The number of nitrogens with one attached hydrogen (secondary N) is 1. The summed E-state index contributed by atoms with van der Waals surface area (Å²) >= 11 is 1.47. The summed E-state index contributed by atoms with van der Waals surface area (Å²) in [5, 5.41) is 12.7. The van der Waals surface area contributed by atoms with Gasteiger partial charge in [-0.15, -0.1) is 10.2 Å². The van der Waals surface area contributed by atoms with Crippen molar-refractivity contribution in [3.05, 3.63) is 77.6 Å². The molecule has 1 aromatic heterocycles. The number of hydrogen-bond donors (Lipinski definition) is 1. The topological polar surface area (TPSA) is 59.8 Å². The Morgan fingerprint density at radius 1 is 1.00 bits per heavy atom. The maximum absolute atomic E-state index is 12.1. The van der Waals surface area contributed by atoms with Crippen LogP contribution in [-0.4, -0.2) is 32.5 Å². The number of thioether (sulfide) groups is 1. The Morgan fingerprint density at radius 2 is 1.68 bits per heavy atom. The van der Waals surface area contributed by atoms with Crippen molar-refractivity contribution in [3.63, 3.8) is 0 Å². The highest BCUT2D eigenvalue weighted by molar-refractivity contribution is 7.99. The lowest BCUT2D eigenvalue weighted by Crippen LogP contribution is -2.27. The highest BCUT2D eigenvalue weighted by Gasteiger charge is 2.23. The minimum absolute atomic E-state index is 0.0784. The van der Waals surface area contributed by atoms with Gasteiger partial charge in [-0.2, -0.15) is 0 Å². The monoisotopic (exact) mass is 392 g/mol. The first kappa shape index (κ1) is 18.7. The van der Waals surface area contributed by atoms with E-state index in [1.54, 1.807) is 0 Å². The molecule has 6 heteroatoms. The number of hydrogen-bond acceptors (Lipinski definition) is 4. The lowest BCUT2D eigenvalue weighted by molar-refractivity contribution is -0.118. The maximum Gasteiger partial charge on any atom is 0.230 e. The van der Waals surface area contributed by atoms with E-state index in [1.165, 1.54) is 22.9 Å². The number of aromatic nitrogens is 3. The summed E-state index contributed by atoms with van der Waals surface area (Å²) in [4.78, 5) is 12.1. The first-order chi connectivity index (χ1) is 13.8. The molecule has 1 saturated carbocycles. The van der Waals surface area contributed by atoms with Gasteiger partial charge in [0, 0.05) is 19.0 Å². The predicted octanol–water partition coefficient (Wildman–Crippen LogP) is 3.48. The molecule has 0 radical (unpaired) electrons. The second-order valence-corrected chi connectivity index (χ2v) is 8.02. The summed E-state index contributed by atoms with van der Waals surface area (Å²) in [6.07, 6.45) is 3.84. The Kier molecular flexibility index (Phi) is 6.07. The summed E-state index contributed by atoms with van der Waals surface area (Å²) < 4.78 is 2.16. The first-order valence-corrected chi connectivity index (χ1v) is 10.7. The van der Waals surface area contributed by atoms with Gasteiger partial charge in [-0.05, 0) is 30.4 Å². The molecule has 0 aliphatic heterocycles. The van der Waals surface area contributed by atoms with Crippen molar-refractivity contribution < 1.29 is 4.79 Å². The molecule has 1 N–H and O–H groups in total. The fourth-order valence-electron chi connectivity index (χ4n) is 3.07. The fraction of sp³-hybridized carbons (Fsp3) is 0.318. The summed E-state index contributed by atoms with van der Waals surface area (Å²) in [6, 6.07) is 21.1. The van der Waals surface area contributed by atoms with Gasteiger partial charge in [-0.1, -0.05) is 72.4 Å². The molecule has 4 rings (SSSR count). The number of nitrogens with zero attached hydrogens (tertiary/aromatic N) is 3. The van der Waals surface area contributed by atoms with Gasteiger partial charge in [0.15, 0.2) is 5.16 Å². The second kappa shape index (κ2) is 9.06. The van der Waals surface area contributed by atoms with Crippen LogP contribution in [0.4, 0.5) is 0 Å². The highest BCUT2D eigenvalue weighted by Crippen LogP contribution is 2.22. The Hall–Kier alpha value is -2.60. The van der Waals surface area contributed by atoms with Gasteiger partial charge in [0.25, 0.3) is 0 Å². The SMILES string of the molecule is O=C(CSc1nnc(Cc2ccccc2)n1CCc1ccccc1)NC1CC1. The van der Waals surface area contributed by atoms with Crippen molar-refractivity contribution in [2.75, 3.05) is 5.75 Å². The standard InChI is InChI=1S/C22H24N4OS/c27-21(23-19-11-12-19)16-28-22-25-24-20(15-18-9-5-2-6-10-18)26(22)14-13-17-7-3-1-4-8-17/h1-10,19H,11-16H2,(H,23,27). The van der Waals surface area contributed by atoms with Crippen LogP contribution < -0.4 is 5.32 Å². The smallest absolute Gasteiger partial charge is 0.230 e. The zero-order chi connectivity index (χ0) is 19.2. The van der Waals surface area contributed by atoms with Crippen LogP contribution in [0.5, 0.6) is 0 Å². The van der Waals surface area contributed by atoms with Crippen LogP contribution in [0.2, 0.25) is 0 Å². The second-order valence-electron chi connectivity index (χ2n) is 7.08. The minimum Gasteiger partial charge on any atom is -0.353 e. The number of amides is 1. The third-order valence-corrected chi connectivity index (χ3v) is 5.71. The molecule has 144 valence electrons. The van der Waals surface area contributed by atoms with Gasteiger partial charge >= 0.3 is 0 Å². The Morgan fingerprint density at radius 3 is 2.36 bits per heavy atom. The minimum atomic E-state index is 0.0784. The first-order valence-electron chi connectivity index (χ1n) is 9.70. The van der Waals surface area contributed by atoms with Crippen LogP contribution in [0.15, 0.2) is 65.8 Å². The van der Waals surface area contributed by atoms with Crippen LogP contribution in [0.1, 0.15) is 29.8 Å². The summed E-state index contributed by atoms with van der Waals surface area (Å²) in [6.45, 7) is 0.797. The zero-order valence-electron chi connectivity index (χ0n) is 15.8. The molecule has 2 aromatic carbocycles. The molecule has 3 aromatic rings. The van der Waals surface area contributed by atoms with Gasteiger partial charge in [-0.3, -0.25) is 4.79 Å². The third-order valence-electron chi connectivity index (χ3n) is 4.74. The van der Waals surface area contributed by atoms with E-state index in [9.17, 15) is 4.79 Å². The quantitative estimate of drug-likeness (QED) is 0.567. The third kappa shape index (κ3) is 5.23. The van der Waals surface area contributed by atoms with E-state index >= 15 is 0 Å². The molecule has 1 fully saturated rings. The number of benzene rings is 2. The van der Waals surface area contributed by atoms with E-state index in [2.05, 4.69) is 56.5 Å². The molecule has 1 heterocycles. The molecular weight excluding hydrogens is 368 g/mol. The highest BCUT2D eigenvalue weighted by atomic mass is 32.2. The number of aryl methyl sites for hydroxylation is 1. The van der Waals surface area contributed by atoms with Crippen molar-refractivity contribution in [1.82, 2.24) is 20.1 Å². The molecule has 28 heavy (non-hydrogen) atoms. The van der Waals surface area contributed by atoms with Crippen molar-refractivity contribution >= 4 is 17.7 Å². The fourth-order valence-corrected chi connectivity index (χ4v) is 3.87. The van der Waals surface area contributed by atoms with E-state index < -0.39 is 0 Å². The zero-order valence-corrected chi connectivity index (χ0v) is 16.6. The Balaban J connectivity index is 1.47. The van der Waals surface area contributed by atoms with Gasteiger partial charge in [0.05, 0.1) is 5.75 Å². The molecule has 0 atom stereocenters. The number of rotatable bonds is 9. The largest absolute Gasteiger partial charge is 0.353 e. The maximum atomic E-state index is 12.1. The summed E-state index contributed by atoms with van der Waals surface area (Å²) in [7, 11) is 0. The van der Waals surface area contributed by atoms with E-state index in [4.69, 9.17) is 0 Å². The van der Waals surface area contributed by atoms with E-state index in [-0.39, 0.29) is 5.91 Å². The molecule has 0 unspecified atom stereocenters. The van der Waals surface area contributed by atoms with Crippen LogP contribution in [0.3, 0.4) is 0 Å². The molecular formula is C22H24N4OS. The van der Waals surface area contributed by atoms with Crippen molar-refractivity contribution in [1.29, 1.82) is 0 Å². The van der Waals surface area contributed by atoms with Crippen LogP contribution in [-0.2, 0) is 24.2 Å². The van der Waals surface area contributed by atoms with Crippen molar-refractivity contribution in [2.24, 2.45) is 0 Å². The predicted molar refractivity (Wildman–Crippen MR) is 111 cm³/mol.